The predicted molar refractivity (Wildman–Crippen MR) is 123 cm³/mol. The molecule has 1 fully saturated rings. The molecule has 0 unspecified atom stereocenters. The van der Waals surface area contributed by atoms with Crippen LogP contribution in [0.25, 0.3) is 32.5 Å². The average Bonchev–Trinajstić information content (AvgIpc) is 3.24. The van der Waals surface area contributed by atoms with Gasteiger partial charge in [-0.25, -0.2) is 14.4 Å². The Morgan fingerprint density at radius 1 is 0.933 bits per heavy atom. The number of fused-ring (bicyclic) bond motifs is 1. The summed E-state index contributed by atoms with van der Waals surface area (Å²) in [5, 5.41) is 3.10. The predicted octanol–water partition coefficient (Wildman–Crippen LogP) is 5.31. The molecule has 1 aliphatic heterocycles. The van der Waals surface area contributed by atoms with Crippen LogP contribution >= 0.6 is 11.3 Å². The van der Waals surface area contributed by atoms with Crippen molar-refractivity contribution in [2.75, 3.05) is 37.6 Å². The highest BCUT2D eigenvalue weighted by atomic mass is 32.1. The van der Waals surface area contributed by atoms with E-state index in [9.17, 15) is 0 Å². The number of aromatic nitrogens is 2. The minimum atomic E-state index is -0.215. The van der Waals surface area contributed by atoms with Crippen molar-refractivity contribution in [3.05, 3.63) is 66.1 Å². The fourth-order valence-corrected chi connectivity index (χ4v) is 5.03. The van der Waals surface area contributed by atoms with E-state index in [2.05, 4.69) is 32.1 Å². The van der Waals surface area contributed by atoms with Crippen LogP contribution in [0.15, 0.2) is 60.2 Å². The summed E-state index contributed by atoms with van der Waals surface area (Å²) in [6.07, 6.45) is 1.64. The molecule has 0 aliphatic carbocycles. The molecule has 0 spiro atoms. The van der Waals surface area contributed by atoms with E-state index in [1.54, 1.807) is 23.7 Å². The Morgan fingerprint density at radius 2 is 1.73 bits per heavy atom. The quantitative estimate of drug-likeness (QED) is 0.450. The molecule has 5 rings (SSSR count). The summed E-state index contributed by atoms with van der Waals surface area (Å²) < 4.78 is 15.0. The summed E-state index contributed by atoms with van der Waals surface area (Å²) in [4.78, 5) is 14.8. The van der Waals surface area contributed by atoms with E-state index in [0.717, 1.165) is 65.4 Å². The van der Waals surface area contributed by atoms with Crippen LogP contribution in [-0.4, -0.2) is 47.6 Å². The van der Waals surface area contributed by atoms with Gasteiger partial charge in [0.15, 0.2) is 0 Å². The standard InChI is InChI=1S/C24H23FN4S/c1-2-28-10-12-29(13-11-28)23-22-20(15-30-24(22)27-16-26-23)18-8-9-19(21(25)14-18)17-6-4-3-5-7-17/h3-9,14-16H,2,10-13H2,1H3. The third kappa shape index (κ3) is 3.46. The summed E-state index contributed by atoms with van der Waals surface area (Å²) in [5.41, 5.74) is 3.37. The van der Waals surface area contributed by atoms with Gasteiger partial charge in [-0.2, -0.15) is 0 Å². The molecule has 2 aromatic heterocycles. The van der Waals surface area contributed by atoms with Crippen molar-refractivity contribution in [3.8, 4) is 22.3 Å². The molecule has 4 nitrogen and oxygen atoms in total. The van der Waals surface area contributed by atoms with E-state index in [0.29, 0.717) is 5.56 Å². The summed E-state index contributed by atoms with van der Waals surface area (Å²) >= 11 is 1.59. The van der Waals surface area contributed by atoms with Gasteiger partial charge in [-0.1, -0.05) is 49.4 Å². The Labute approximate surface area is 179 Å². The largest absolute Gasteiger partial charge is 0.353 e. The molecular weight excluding hydrogens is 395 g/mol. The molecule has 0 amide bonds. The highest BCUT2D eigenvalue weighted by Gasteiger charge is 2.22. The van der Waals surface area contributed by atoms with Crippen LogP contribution in [0.3, 0.4) is 0 Å². The van der Waals surface area contributed by atoms with Crippen LogP contribution in [0, 0.1) is 5.82 Å². The number of hydrogen-bond donors (Lipinski definition) is 0. The molecule has 6 heteroatoms. The first-order chi connectivity index (χ1) is 14.7. The maximum Gasteiger partial charge on any atom is 0.141 e. The zero-order valence-corrected chi connectivity index (χ0v) is 17.7. The minimum Gasteiger partial charge on any atom is -0.353 e. The van der Waals surface area contributed by atoms with E-state index in [-0.39, 0.29) is 5.82 Å². The Morgan fingerprint density at radius 3 is 2.47 bits per heavy atom. The average molecular weight is 419 g/mol. The fourth-order valence-electron chi connectivity index (χ4n) is 4.12. The van der Waals surface area contributed by atoms with E-state index in [1.807, 2.05) is 42.5 Å². The molecule has 30 heavy (non-hydrogen) atoms. The molecular formula is C24H23FN4S. The highest BCUT2D eigenvalue weighted by Crippen LogP contribution is 2.39. The molecule has 0 bridgehead atoms. The lowest BCUT2D eigenvalue weighted by Gasteiger charge is -2.35. The van der Waals surface area contributed by atoms with Crippen LogP contribution in [-0.2, 0) is 0 Å². The Hall–Kier alpha value is -2.83. The number of nitrogens with zero attached hydrogens (tertiary/aromatic N) is 4. The monoisotopic (exact) mass is 418 g/mol. The topological polar surface area (TPSA) is 32.3 Å². The second-order valence-corrected chi connectivity index (χ2v) is 8.37. The number of halogens is 1. The molecule has 0 atom stereocenters. The highest BCUT2D eigenvalue weighted by molar-refractivity contribution is 7.17. The van der Waals surface area contributed by atoms with Gasteiger partial charge < -0.3 is 9.80 Å². The Bertz CT molecular complexity index is 1170. The number of benzene rings is 2. The maximum absolute atomic E-state index is 15.0. The normalized spacial score (nSPS) is 15.1. The molecule has 0 radical (unpaired) electrons. The summed E-state index contributed by atoms with van der Waals surface area (Å²) in [7, 11) is 0. The SMILES string of the molecule is CCN1CCN(c2ncnc3scc(-c4ccc(-c5ccccc5)c(F)c4)c23)CC1. The third-order valence-corrected chi connectivity index (χ3v) is 6.72. The first-order valence-corrected chi connectivity index (χ1v) is 11.2. The Kier molecular flexibility index (Phi) is 5.19. The van der Waals surface area contributed by atoms with E-state index in [4.69, 9.17) is 0 Å². The summed E-state index contributed by atoms with van der Waals surface area (Å²) in [6.45, 7) is 7.21. The first-order valence-electron chi connectivity index (χ1n) is 10.3. The van der Waals surface area contributed by atoms with Crippen molar-refractivity contribution >= 4 is 27.4 Å². The molecule has 0 saturated carbocycles. The number of rotatable bonds is 4. The van der Waals surface area contributed by atoms with Crippen LogP contribution in [0.4, 0.5) is 10.2 Å². The van der Waals surface area contributed by atoms with Gasteiger partial charge >= 0.3 is 0 Å². The lowest BCUT2D eigenvalue weighted by Crippen LogP contribution is -2.46. The number of likely N-dealkylation sites (N-methyl/N-ethyl adjacent to an activating group) is 1. The van der Waals surface area contributed by atoms with Gasteiger partial charge in [-0.3, -0.25) is 0 Å². The zero-order chi connectivity index (χ0) is 20.5. The second kappa shape index (κ2) is 8.13. The van der Waals surface area contributed by atoms with Crippen molar-refractivity contribution in [2.45, 2.75) is 6.92 Å². The van der Waals surface area contributed by atoms with Gasteiger partial charge in [0.2, 0.25) is 0 Å². The lowest BCUT2D eigenvalue weighted by atomic mass is 9.99. The third-order valence-electron chi connectivity index (χ3n) is 5.83. The van der Waals surface area contributed by atoms with Gasteiger partial charge in [0.1, 0.15) is 22.8 Å². The van der Waals surface area contributed by atoms with Crippen LogP contribution in [0.2, 0.25) is 0 Å². The molecule has 1 aliphatic rings. The molecule has 3 heterocycles. The molecule has 2 aromatic carbocycles. The first kappa shape index (κ1) is 19.2. The van der Waals surface area contributed by atoms with E-state index in [1.165, 1.54) is 0 Å². The maximum atomic E-state index is 15.0. The summed E-state index contributed by atoms with van der Waals surface area (Å²) in [6, 6.07) is 15.2. The van der Waals surface area contributed by atoms with Crippen LogP contribution < -0.4 is 4.90 Å². The Balaban J connectivity index is 1.55. The van der Waals surface area contributed by atoms with Crippen molar-refractivity contribution in [2.24, 2.45) is 0 Å². The summed E-state index contributed by atoms with van der Waals surface area (Å²) in [5.74, 6) is 0.743. The van der Waals surface area contributed by atoms with Crippen molar-refractivity contribution in [1.82, 2.24) is 14.9 Å². The van der Waals surface area contributed by atoms with Crippen molar-refractivity contribution < 1.29 is 4.39 Å². The number of anilines is 1. The second-order valence-electron chi connectivity index (χ2n) is 7.51. The number of thiophene rings is 1. The van der Waals surface area contributed by atoms with Gasteiger partial charge in [-0.05, 0) is 23.7 Å². The van der Waals surface area contributed by atoms with Crippen molar-refractivity contribution in [3.63, 3.8) is 0 Å². The fraction of sp³-hybridized carbons (Fsp3) is 0.250. The smallest absolute Gasteiger partial charge is 0.141 e. The van der Waals surface area contributed by atoms with Gasteiger partial charge in [-0.15, -0.1) is 11.3 Å². The van der Waals surface area contributed by atoms with Crippen LogP contribution in [0.1, 0.15) is 6.92 Å². The molecule has 1 saturated heterocycles. The molecule has 152 valence electrons. The zero-order valence-electron chi connectivity index (χ0n) is 16.9. The van der Waals surface area contributed by atoms with Crippen LogP contribution in [0.5, 0.6) is 0 Å². The van der Waals surface area contributed by atoms with Gasteiger partial charge in [0, 0.05) is 42.7 Å². The molecule has 4 aromatic rings. The van der Waals surface area contributed by atoms with Crippen molar-refractivity contribution in [1.29, 1.82) is 0 Å². The lowest BCUT2D eigenvalue weighted by molar-refractivity contribution is 0.271. The van der Waals surface area contributed by atoms with Gasteiger partial charge in [0.25, 0.3) is 0 Å². The number of piperazine rings is 1. The van der Waals surface area contributed by atoms with Gasteiger partial charge in [0.05, 0.1) is 5.39 Å². The minimum absolute atomic E-state index is 0.215. The van der Waals surface area contributed by atoms with E-state index < -0.39 is 0 Å². The number of hydrogen-bond acceptors (Lipinski definition) is 5. The van der Waals surface area contributed by atoms with E-state index >= 15 is 4.39 Å². The molecule has 0 N–H and O–H groups in total.